The summed E-state index contributed by atoms with van der Waals surface area (Å²) in [6.45, 7) is 3.69. The highest BCUT2D eigenvalue weighted by Gasteiger charge is 2.15. The lowest BCUT2D eigenvalue weighted by atomic mass is 10.2. The van der Waals surface area contributed by atoms with Crippen LogP contribution in [0.4, 0.5) is 0 Å². The maximum absolute atomic E-state index is 11.8. The van der Waals surface area contributed by atoms with Gasteiger partial charge in [0.2, 0.25) is 0 Å². The molecule has 1 atom stereocenters. The van der Waals surface area contributed by atoms with Crippen LogP contribution in [0.25, 0.3) is 6.08 Å². The van der Waals surface area contributed by atoms with Crippen LogP contribution >= 0.6 is 0 Å². The summed E-state index contributed by atoms with van der Waals surface area (Å²) in [6, 6.07) is 4.88. The summed E-state index contributed by atoms with van der Waals surface area (Å²) in [6.07, 6.45) is 2.65. The molecule has 0 saturated carbocycles. The van der Waals surface area contributed by atoms with Gasteiger partial charge in [-0.3, -0.25) is 9.59 Å². The molecule has 0 aromatic heterocycles. The molecule has 0 radical (unpaired) electrons. The lowest BCUT2D eigenvalue weighted by Gasteiger charge is -2.11. The van der Waals surface area contributed by atoms with Crippen LogP contribution in [0.15, 0.2) is 24.3 Å². The molecule has 8 nitrogen and oxygen atoms in total. The molecule has 26 heavy (non-hydrogen) atoms. The first kappa shape index (κ1) is 21.0. The number of ether oxygens (including phenoxy) is 3. The predicted molar refractivity (Wildman–Crippen MR) is 95.6 cm³/mol. The number of esters is 1. The van der Waals surface area contributed by atoms with Crippen LogP contribution in [-0.2, 0) is 19.1 Å². The van der Waals surface area contributed by atoms with Gasteiger partial charge in [-0.05, 0) is 37.1 Å². The van der Waals surface area contributed by atoms with E-state index in [1.165, 1.54) is 26.2 Å². The Morgan fingerprint density at radius 2 is 2.00 bits per heavy atom. The van der Waals surface area contributed by atoms with Crippen LogP contribution in [-0.4, -0.2) is 44.1 Å². The quantitative estimate of drug-likeness (QED) is 0.473. The number of methoxy groups -OCH3 is 1. The molecular formula is C18H24N2O6. The molecule has 1 rings (SSSR count). The standard InChI is InChI=1S/C18H24N2O6/c1-4-9-20-18(23)12(2)26-17(22)8-6-13-5-7-14(15(10-13)24-3)25-11-16(19)21/h5-8,10,12H,4,9,11H2,1-3H3,(H2,19,21)(H,20,23)/b8-6+. The molecule has 1 aromatic rings. The van der Waals surface area contributed by atoms with Crippen molar-refractivity contribution in [1.82, 2.24) is 5.32 Å². The Morgan fingerprint density at radius 1 is 1.27 bits per heavy atom. The van der Waals surface area contributed by atoms with E-state index in [1.807, 2.05) is 6.92 Å². The second-order valence-electron chi connectivity index (χ2n) is 5.37. The average molecular weight is 364 g/mol. The number of nitrogens with two attached hydrogens (primary N) is 1. The molecule has 0 spiro atoms. The van der Waals surface area contributed by atoms with E-state index in [0.717, 1.165) is 6.42 Å². The minimum Gasteiger partial charge on any atom is -0.493 e. The van der Waals surface area contributed by atoms with Crippen molar-refractivity contribution in [2.24, 2.45) is 5.73 Å². The third-order valence-electron chi connectivity index (χ3n) is 3.18. The fourth-order valence-electron chi connectivity index (χ4n) is 1.88. The molecule has 0 aliphatic heterocycles. The van der Waals surface area contributed by atoms with Crippen molar-refractivity contribution in [3.05, 3.63) is 29.8 Å². The smallest absolute Gasteiger partial charge is 0.331 e. The van der Waals surface area contributed by atoms with Gasteiger partial charge in [0.05, 0.1) is 7.11 Å². The number of nitrogens with one attached hydrogen (secondary N) is 1. The Bertz CT molecular complexity index is 672. The first-order valence-corrected chi connectivity index (χ1v) is 8.13. The fraction of sp³-hybridized carbons (Fsp3) is 0.389. The van der Waals surface area contributed by atoms with Gasteiger partial charge in [-0.15, -0.1) is 0 Å². The van der Waals surface area contributed by atoms with Crippen molar-refractivity contribution >= 4 is 23.9 Å². The Morgan fingerprint density at radius 3 is 2.62 bits per heavy atom. The number of hydrogen-bond acceptors (Lipinski definition) is 6. The molecule has 8 heteroatoms. The molecule has 1 unspecified atom stereocenters. The number of benzene rings is 1. The summed E-state index contributed by atoms with van der Waals surface area (Å²) in [4.78, 5) is 34.3. The fourth-order valence-corrected chi connectivity index (χ4v) is 1.88. The number of hydrogen-bond donors (Lipinski definition) is 2. The van der Waals surface area contributed by atoms with Gasteiger partial charge in [-0.25, -0.2) is 4.79 Å². The SMILES string of the molecule is CCCNC(=O)C(C)OC(=O)/C=C/c1ccc(OCC(N)=O)c(OC)c1. The number of primary amides is 1. The zero-order chi connectivity index (χ0) is 19.5. The second kappa shape index (κ2) is 10.8. The molecule has 1 aromatic carbocycles. The first-order valence-electron chi connectivity index (χ1n) is 8.13. The molecule has 2 amide bonds. The van der Waals surface area contributed by atoms with Crippen LogP contribution in [0.2, 0.25) is 0 Å². The van der Waals surface area contributed by atoms with Gasteiger partial charge in [0.15, 0.2) is 24.2 Å². The zero-order valence-corrected chi connectivity index (χ0v) is 15.1. The van der Waals surface area contributed by atoms with Gasteiger partial charge in [0, 0.05) is 12.6 Å². The Hall–Kier alpha value is -3.03. The highest BCUT2D eigenvalue weighted by Crippen LogP contribution is 2.28. The van der Waals surface area contributed by atoms with E-state index in [1.54, 1.807) is 18.2 Å². The van der Waals surface area contributed by atoms with Crippen molar-refractivity contribution in [2.75, 3.05) is 20.3 Å². The minimum atomic E-state index is -0.877. The number of amides is 2. The van der Waals surface area contributed by atoms with Crippen LogP contribution in [0.1, 0.15) is 25.8 Å². The lowest BCUT2D eigenvalue weighted by Crippen LogP contribution is -2.35. The molecule has 0 bridgehead atoms. The van der Waals surface area contributed by atoms with E-state index in [-0.39, 0.29) is 12.5 Å². The molecule has 142 valence electrons. The highest BCUT2D eigenvalue weighted by molar-refractivity contribution is 5.90. The maximum Gasteiger partial charge on any atom is 0.331 e. The second-order valence-corrected chi connectivity index (χ2v) is 5.37. The van der Waals surface area contributed by atoms with Crippen molar-refractivity contribution in [3.63, 3.8) is 0 Å². The topological polar surface area (TPSA) is 117 Å². The number of carbonyl (C=O) groups is 3. The van der Waals surface area contributed by atoms with Crippen LogP contribution in [0.3, 0.4) is 0 Å². The molecule has 0 fully saturated rings. The third-order valence-corrected chi connectivity index (χ3v) is 3.18. The van der Waals surface area contributed by atoms with Crippen molar-refractivity contribution in [1.29, 1.82) is 0 Å². The summed E-state index contributed by atoms with van der Waals surface area (Å²) in [5.41, 5.74) is 5.68. The predicted octanol–water partition coefficient (Wildman–Crippen LogP) is 1.03. The van der Waals surface area contributed by atoms with Crippen LogP contribution < -0.4 is 20.5 Å². The molecule has 3 N–H and O–H groups in total. The van der Waals surface area contributed by atoms with E-state index in [0.29, 0.717) is 23.6 Å². The third kappa shape index (κ3) is 7.25. The lowest BCUT2D eigenvalue weighted by molar-refractivity contribution is -0.150. The summed E-state index contributed by atoms with van der Waals surface area (Å²) in [5, 5.41) is 2.65. The Labute approximate surface area is 152 Å². The molecule has 0 aliphatic carbocycles. The van der Waals surface area contributed by atoms with Crippen LogP contribution in [0, 0.1) is 0 Å². The van der Waals surface area contributed by atoms with E-state index < -0.39 is 18.0 Å². The Balaban J connectivity index is 2.67. The first-order chi connectivity index (χ1) is 12.4. The van der Waals surface area contributed by atoms with Gasteiger partial charge in [-0.1, -0.05) is 13.0 Å². The zero-order valence-electron chi connectivity index (χ0n) is 15.1. The van der Waals surface area contributed by atoms with Gasteiger partial charge < -0.3 is 25.3 Å². The van der Waals surface area contributed by atoms with Gasteiger partial charge in [-0.2, -0.15) is 0 Å². The van der Waals surface area contributed by atoms with Gasteiger partial charge in [0.25, 0.3) is 11.8 Å². The monoisotopic (exact) mass is 364 g/mol. The largest absolute Gasteiger partial charge is 0.493 e. The maximum atomic E-state index is 11.8. The normalized spacial score (nSPS) is 11.7. The van der Waals surface area contributed by atoms with E-state index in [2.05, 4.69) is 5.32 Å². The van der Waals surface area contributed by atoms with E-state index in [9.17, 15) is 14.4 Å². The molecule has 0 aliphatic rings. The number of carbonyl (C=O) groups excluding carboxylic acids is 3. The molecular weight excluding hydrogens is 340 g/mol. The Kier molecular flexibility index (Phi) is 8.69. The molecule has 0 saturated heterocycles. The van der Waals surface area contributed by atoms with Crippen molar-refractivity contribution in [2.45, 2.75) is 26.4 Å². The summed E-state index contributed by atoms with van der Waals surface area (Å²) in [7, 11) is 1.45. The van der Waals surface area contributed by atoms with Crippen molar-refractivity contribution in [3.8, 4) is 11.5 Å². The summed E-state index contributed by atoms with van der Waals surface area (Å²) < 4.78 is 15.4. The summed E-state index contributed by atoms with van der Waals surface area (Å²) in [5.74, 6) is -0.847. The van der Waals surface area contributed by atoms with Gasteiger partial charge >= 0.3 is 5.97 Å². The van der Waals surface area contributed by atoms with Gasteiger partial charge in [0.1, 0.15) is 0 Å². The summed E-state index contributed by atoms with van der Waals surface area (Å²) >= 11 is 0. The number of rotatable bonds is 10. The van der Waals surface area contributed by atoms with E-state index >= 15 is 0 Å². The van der Waals surface area contributed by atoms with E-state index in [4.69, 9.17) is 19.9 Å². The average Bonchev–Trinajstić information content (AvgIpc) is 2.62. The van der Waals surface area contributed by atoms with Crippen LogP contribution in [0.5, 0.6) is 11.5 Å². The minimum absolute atomic E-state index is 0.268. The molecule has 0 heterocycles. The highest BCUT2D eigenvalue weighted by atomic mass is 16.5. The van der Waals surface area contributed by atoms with Crippen molar-refractivity contribution < 1.29 is 28.6 Å².